The van der Waals surface area contributed by atoms with Crippen molar-refractivity contribution in [3.63, 3.8) is 0 Å². The van der Waals surface area contributed by atoms with E-state index in [0.29, 0.717) is 6.04 Å². The zero-order chi connectivity index (χ0) is 13.1. The van der Waals surface area contributed by atoms with Crippen LogP contribution in [0.25, 0.3) is 0 Å². The van der Waals surface area contributed by atoms with Crippen molar-refractivity contribution in [2.24, 2.45) is 5.92 Å². The molecule has 18 heavy (non-hydrogen) atoms. The van der Waals surface area contributed by atoms with E-state index in [1.54, 1.807) is 13.3 Å². The van der Waals surface area contributed by atoms with Gasteiger partial charge in [0.15, 0.2) is 0 Å². The molecule has 1 aliphatic carbocycles. The molecule has 0 amide bonds. The molecule has 1 aromatic rings. The summed E-state index contributed by atoms with van der Waals surface area (Å²) >= 11 is 0. The second-order valence-electron chi connectivity index (χ2n) is 5.16. The summed E-state index contributed by atoms with van der Waals surface area (Å²) in [4.78, 5) is 6.81. The third-order valence-corrected chi connectivity index (χ3v) is 3.76. The van der Waals surface area contributed by atoms with E-state index in [4.69, 9.17) is 10.5 Å². The molecule has 1 fully saturated rings. The van der Waals surface area contributed by atoms with Crippen LogP contribution in [0.3, 0.4) is 0 Å². The molecular weight excluding hydrogens is 226 g/mol. The van der Waals surface area contributed by atoms with E-state index >= 15 is 0 Å². The first-order valence-electron chi connectivity index (χ1n) is 6.61. The molecule has 0 radical (unpaired) electrons. The van der Waals surface area contributed by atoms with E-state index in [1.807, 2.05) is 6.92 Å². The molecule has 1 aliphatic rings. The Morgan fingerprint density at radius 3 is 2.83 bits per heavy atom. The maximum Gasteiger partial charge on any atom is 0.129 e. The van der Waals surface area contributed by atoms with Gasteiger partial charge in [0.05, 0.1) is 18.5 Å². The lowest BCUT2D eigenvalue weighted by Gasteiger charge is -2.30. The van der Waals surface area contributed by atoms with Crippen LogP contribution in [0, 0.1) is 12.8 Å². The van der Waals surface area contributed by atoms with Crippen molar-refractivity contribution in [2.75, 3.05) is 30.9 Å². The second kappa shape index (κ2) is 5.57. The fourth-order valence-electron chi connectivity index (χ4n) is 2.26. The monoisotopic (exact) mass is 249 g/mol. The van der Waals surface area contributed by atoms with Gasteiger partial charge in [-0.25, -0.2) is 4.98 Å². The standard InChI is InChI=1S/C14H23N3O/c1-10-8-14(16-9-13(10)15)17(6-7-18-3)11(2)12-4-5-12/h8-9,11-12H,4-7,15H2,1-3H3. The number of nitrogen functional groups attached to an aromatic ring is 1. The Morgan fingerprint density at radius 2 is 2.28 bits per heavy atom. The van der Waals surface area contributed by atoms with Crippen LogP contribution in [0.2, 0.25) is 0 Å². The number of nitrogens with zero attached hydrogens (tertiary/aromatic N) is 2. The Hall–Kier alpha value is -1.29. The molecule has 0 saturated heterocycles. The van der Waals surface area contributed by atoms with E-state index < -0.39 is 0 Å². The summed E-state index contributed by atoms with van der Waals surface area (Å²) in [6, 6.07) is 2.60. The molecule has 2 N–H and O–H groups in total. The molecule has 4 nitrogen and oxygen atoms in total. The number of rotatable bonds is 6. The number of aryl methyl sites for hydroxylation is 1. The van der Waals surface area contributed by atoms with Crippen molar-refractivity contribution in [3.05, 3.63) is 17.8 Å². The number of hydrogen-bond acceptors (Lipinski definition) is 4. The highest BCUT2D eigenvalue weighted by molar-refractivity contribution is 5.52. The maximum absolute atomic E-state index is 5.83. The second-order valence-corrected chi connectivity index (χ2v) is 5.16. The van der Waals surface area contributed by atoms with Gasteiger partial charge in [-0.05, 0) is 44.2 Å². The van der Waals surface area contributed by atoms with E-state index in [9.17, 15) is 0 Å². The highest BCUT2D eigenvalue weighted by atomic mass is 16.5. The zero-order valence-electron chi connectivity index (χ0n) is 11.5. The summed E-state index contributed by atoms with van der Waals surface area (Å²) in [6.45, 7) is 5.91. The molecule has 1 saturated carbocycles. The molecule has 0 aliphatic heterocycles. The van der Waals surface area contributed by atoms with Crippen molar-refractivity contribution in [1.29, 1.82) is 0 Å². The average molecular weight is 249 g/mol. The molecule has 1 unspecified atom stereocenters. The molecule has 2 rings (SSSR count). The number of nitrogens with two attached hydrogens (primary N) is 1. The molecule has 1 atom stereocenters. The van der Waals surface area contributed by atoms with Crippen molar-refractivity contribution < 1.29 is 4.74 Å². The third-order valence-electron chi connectivity index (χ3n) is 3.76. The molecule has 0 bridgehead atoms. The highest BCUT2D eigenvalue weighted by Crippen LogP contribution is 2.36. The number of anilines is 2. The summed E-state index contributed by atoms with van der Waals surface area (Å²) in [5, 5.41) is 0. The van der Waals surface area contributed by atoms with Gasteiger partial charge in [-0.2, -0.15) is 0 Å². The minimum absolute atomic E-state index is 0.524. The van der Waals surface area contributed by atoms with E-state index in [0.717, 1.165) is 36.1 Å². The van der Waals surface area contributed by atoms with Gasteiger partial charge >= 0.3 is 0 Å². The van der Waals surface area contributed by atoms with E-state index in [-0.39, 0.29) is 0 Å². The lowest BCUT2D eigenvalue weighted by atomic mass is 10.1. The zero-order valence-corrected chi connectivity index (χ0v) is 11.5. The lowest BCUT2D eigenvalue weighted by molar-refractivity contribution is 0.202. The smallest absolute Gasteiger partial charge is 0.129 e. The quantitative estimate of drug-likeness (QED) is 0.840. The van der Waals surface area contributed by atoms with Crippen LogP contribution in [0.1, 0.15) is 25.3 Å². The van der Waals surface area contributed by atoms with Gasteiger partial charge < -0.3 is 15.4 Å². The number of methoxy groups -OCH3 is 1. The Kier molecular flexibility index (Phi) is 4.07. The van der Waals surface area contributed by atoms with Gasteiger partial charge in [-0.15, -0.1) is 0 Å². The molecule has 100 valence electrons. The van der Waals surface area contributed by atoms with Gasteiger partial charge in [0.25, 0.3) is 0 Å². The van der Waals surface area contributed by atoms with E-state index in [2.05, 4.69) is 22.9 Å². The Balaban J connectivity index is 2.17. The van der Waals surface area contributed by atoms with Crippen LogP contribution in [-0.4, -0.2) is 31.3 Å². The first kappa shape index (κ1) is 13.1. The summed E-state index contributed by atoms with van der Waals surface area (Å²) in [5.41, 5.74) is 7.67. The largest absolute Gasteiger partial charge is 0.397 e. The first-order chi connectivity index (χ1) is 8.63. The lowest BCUT2D eigenvalue weighted by Crippen LogP contribution is -2.37. The molecule has 0 aromatic carbocycles. The van der Waals surface area contributed by atoms with Crippen molar-refractivity contribution in [1.82, 2.24) is 4.98 Å². The van der Waals surface area contributed by atoms with Crippen molar-refractivity contribution in [2.45, 2.75) is 32.7 Å². The summed E-state index contributed by atoms with van der Waals surface area (Å²) in [5.74, 6) is 1.82. The van der Waals surface area contributed by atoms with Crippen LogP contribution in [0.4, 0.5) is 11.5 Å². The fraction of sp³-hybridized carbons (Fsp3) is 0.643. The Bertz CT molecular complexity index is 404. The summed E-state index contributed by atoms with van der Waals surface area (Å²) < 4.78 is 5.20. The SMILES string of the molecule is COCCN(c1cc(C)c(N)cn1)C(C)C1CC1. The average Bonchev–Trinajstić information content (AvgIpc) is 3.18. The minimum Gasteiger partial charge on any atom is -0.397 e. The predicted octanol–water partition coefficient (Wildman–Crippen LogP) is 2.22. The van der Waals surface area contributed by atoms with Crippen LogP contribution in [-0.2, 0) is 4.74 Å². The summed E-state index contributed by atoms with van der Waals surface area (Å²) in [7, 11) is 1.74. The highest BCUT2D eigenvalue weighted by Gasteiger charge is 2.32. The van der Waals surface area contributed by atoms with Gasteiger partial charge in [0.1, 0.15) is 5.82 Å². The Morgan fingerprint density at radius 1 is 1.56 bits per heavy atom. The number of pyridine rings is 1. The molecular formula is C14H23N3O. The third kappa shape index (κ3) is 2.93. The molecule has 1 heterocycles. The minimum atomic E-state index is 0.524. The van der Waals surface area contributed by atoms with Gasteiger partial charge in [0, 0.05) is 19.7 Å². The first-order valence-corrected chi connectivity index (χ1v) is 6.61. The van der Waals surface area contributed by atoms with Gasteiger partial charge in [-0.1, -0.05) is 0 Å². The summed E-state index contributed by atoms with van der Waals surface area (Å²) in [6.07, 6.45) is 4.42. The predicted molar refractivity (Wildman–Crippen MR) is 74.8 cm³/mol. The van der Waals surface area contributed by atoms with Crippen molar-refractivity contribution >= 4 is 11.5 Å². The normalized spacial score (nSPS) is 16.6. The van der Waals surface area contributed by atoms with Crippen LogP contribution >= 0.6 is 0 Å². The molecule has 4 heteroatoms. The Labute approximate surface area is 109 Å². The maximum atomic E-state index is 5.83. The van der Waals surface area contributed by atoms with E-state index in [1.165, 1.54) is 12.8 Å². The van der Waals surface area contributed by atoms with Gasteiger partial charge in [0.2, 0.25) is 0 Å². The number of ether oxygens (including phenoxy) is 1. The van der Waals surface area contributed by atoms with Crippen molar-refractivity contribution in [3.8, 4) is 0 Å². The van der Waals surface area contributed by atoms with Crippen LogP contribution in [0.5, 0.6) is 0 Å². The number of hydrogen-bond donors (Lipinski definition) is 1. The fourth-order valence-corrected chi connectivity index (χ4v) is 2.26. The molecule has 0 spiro atoms. The van der Waals surface area contributed by atoms with Gasteiger partial charge in [-0.3, -0.25) is 0 Å². The van der Waals surface area contributed by atoms with Crippen LogP contribution < -0.4 is 10.6 Å². The number of aromatic nitrogens is 1. The van der Waals surface area contributed by atoms with Crippen LogP contribution in [0.15, 0.2) is 12.3 Å². The topological polar surface area (TPSA) is 51.4 Å². The molecule has 1 aromatic heterocycles.